The molecule has 0 radical (unpaired) electrons. The Labute approximate surface area is 116 Å². The summed E-state index contributed by atoms with van der Waals surface area (Å²) in [4.78, 5) is 23.2. The van der Waals surface area contributed by atoms with Crippen molar-refractivity contribution in [3.63, 3.8) is 0 Å². The van der Waals surface area contributed by atoms with E-state index in [-0.39, 0.29) is 17.2 Å². The van der Waals surface area contributed by atoms with Crippen molar-refractivity contribution in [2.24, 2.45) is 0 Å². The van der Waals surface area contributed by atoms with Gasteiger partial charge in [-0.2, -0.15) is 0 Å². The van der Waals surface area contributed by atoms with Crippen molar-refractivity contribution in [2.45, 2.75) is 6.92 Å². The number of carbonyl (C=O) groups is 2. The molecule has 2 rings (SSSR count). The zero-order valence-corrected chi connectivity index (χ0v) is 10.9. The van der Waals surface area contributed by atoms with E-state index in [0.29, 0.717) is 11.3 Å². The van der Waals surface area contributed by atoms with E-state index in [2.05, 4.69) is 5.32 Å². The molecule has 0 unspecified atom stereocenters. The van der Waals surface area contributed by atoms with Crippen molar-refractivity contribution in [3.05, 3.63) is 59.2 Å². The molecule has 4 N–H and O–H groups in total. The smallest absolute Gasteiger partial charge is 0.337 e. The van der Waals surface area contributed by atoms with Gasteiger partial charge in [0, 0.05) is 11.3 Å². The minimum absolute atomic E-state index is 0.0637. The summed E-state index contributed by atoms with van der Waals surface area (Å²) in [6, 6.07) is 11.2. The molecule has 0 saturated heterocycles. The van der Waals surface area contributed by atoms with E-state index in [4.69, 9.17) is 10.8 Å². The second-order valence-electron chi connectivity index (χ2n) is 4.43. The van der Waals surface area contributed by atoms with Gasteiger partial charge in [0.05, 0.1) is 11.3 Å². The van der Waals surface area contributed by atoms with Crippen molar-refractivity contribution in [1.82, 2.24) is 0 Å². The third-order valence-electron chi connectivity index (χ3n) is 2.83. The van der Waals surface area contributed by atoms with Crippen LogP contribution in [0.25, 0.3) is 0 Å². The van der Waals surface area contributed by atoms with Crippen LogP contribution in [0.15, 0.2) is 42.5 Å². The number of rotatable bonds is 3. The van der Waals surface area contributed by atoms with Gasteiger partial charge in [-0.3, -0.25) is 4.79 Å². The van der Waals surface area contributed by atoms with Crippen molar-refractivity contribution in [1.29, 1.82) is 0 Å². The molecule has 0 bridgehead atoms. The largest absolute Gasteiger partial charge is 0.478 e. The van der Waals surface area contributed by atoms with Gasteiger partial charge in [0.15, 0.2) is 0 Å². The molecule has 0 aliphatic rings. The number of carboxylic acids is 1. The molecule has 2 aromatic carbocycles. The summed E-state index contributed by atoms with van der Waals surface area (Å²) in [6.07, 6.45) is 0. The summed E-state index contributed by atoms with van der Waals surface area (Å²) in [5, 5.41) is 11.7. The number of amides is 1. The van der Waals surface area contributed by atoms with Gasteiger partial charge < -0.3 is 16.2 Å². The summed E-state index contributed by atoms with van der Waals surface area (Å²) < 4.78 is 0. The topological polar surface area (TPSA) is 92.4 Å². The highest BCUT2D eigenvalue weighted by Gasteiger charge is 2.13. The van der Waals surface area contributed by atoms with Gasteiger partial charge in [-0.15, -0.1) is 0 Å². The Balaban J connectivity index is 2.28. The van der Waals surface area contributed by atoms with E-state index in [0.717, 1.165) is 5.56 Å². The van der Waals surface area contributed by atoms with Gasteiger partial charge in [0.2, 0.25) is 0 Å². The van der Waals surface area contributed by atoms with E-state index in [1.165, 1.54) is 6.07 Å². The highest BCUT2D eigenvalue weighted by Crippen LogP contribution is 2.18. The van der Waals surface area contributed by atoms with Crippen molar-refractivity contribution < 1.29 is 14.7 Å². The fourth-order valence-electron chi connectivity index (χ4n) is 1.77. The molecule has 2 aromatic rings. The lowest BCUT2D eigenvalue weighted by molar-refractivity contribution is 0.0698. The lowest BCUT2D eigenvalue weighted by atomic mass is 10.1. The molecule has 0 atom stereocenters. The van der Waals surface area contributed by atoms with Crippen molar-refractivity contribution in [3.8, 4) is 0 Å². The number of aryl methyl sites for hydroxylation is 1. The maximum absolute atomic E-state index is 12.0. The maximum Gasteiger partial charge on any atom is 0.337 e. The van der Waals surface area contributed by atoms with Crippen LogP contribution in [0.3, 0.4) is 0 Å². The van der Waals surface area contributed by atoms with Crippen LogP contribution in [0.5, 0.6) is 0 Å². The summed E-state index contributed by atoms with van der Waals surface area (Å²) in [5.41, 5.74) is 7.67. The third kappa shape index (κ3) is 2.95. The van der Waals surface area contributed by atoms with Crippen LogP contribution in [0.2, 0.25) is 0 Å². The van der Waals surface area contributed by atoms with Gasteiger partial charge >= 0.3 is 5.97 Å². The van der Waals surface area contributed by atoms with E-state index in [1.54, 1.807) is 43.3 Å². The minimum Gasteiger partial charge on any atom is -0.478 e. The molecule has 0 aliphatic heterocycles. The predicted molar refractivity (Wildman–Crippen MR) is 76.9 cm³/mol. The Kier molecular flexibility index (Phi) is 3.70. The molecule has 102 valence electrons. The average molecular weight is 270 g/mol. The van der Waals surface area contributed by atoms with E-state index in [9.17, 15) is 9.59 Å². The zero-order valence-electron chi connectivity index (χ0n) is 10.9. The van der Waals surface area contributed by atoms with Crippen LogP contribution < -0.4 is 11.1 Å². The molecule has 1 amide bonds. The Morgan fingerprint density at radius 2 is 1.75 bits per heavy atom. The Morgan fingerprint density at radius 1 is 1.10 bits per heavy atom. The summed E-state index contributed by atoms with van der Waals surface area (Å²) in [7, 11) is 0. The number of nitrogens with one attached hydrogen (secondary N) is 1. The first kappa shape index (κ1) is 13.6. The van der Waals surface area contributed by atoms with Crippen LogP contribution in [0, 0.1) is 6.92 Å². The van der Waals surface area contributed by atoms with Crippen molar-refractivity contribution >= 4 is 23.3 Å². The zero-order chi connectivity index (χ0) is 14.7. The second-order valence-corrected chi connectivity index (χ2v) is 4.43. The normalized spacial score (nSPS) is 10.1. The molecule has 0 fully saturated rings. The molecule has 5 nitrogen and oxygen atoms in total. The monoisotopic (exact) mass is 270 g/mol. The van der Waals surface area contributed by atoms with Crippen LogP contribution in [0.4, 0.5) is 11.4 Å². The van der Waals surface area contributed by atoms with Crippen LogP contribution >= 0.6 is 0 Å². The first-order chi connectivity index (χ1) is 9.47. The lowest BCUT2D eigenvalue weighted by Gasteiger charge is -2.09. The van der Waals surface area contributed by atoms with Gasteiger partial charge in [0.1, 0.15) is 0 Å². The van der Waals surface area contributed by atoms with Crippen molar-refractivity contribution in [2.75, 3.05) is 11.1 Å². The Hall–Kier alpha value is -2.82. The fraction of sp³-hybridized carbons (Fsp3) is 0.0667. The number of hydrogen-bond acceptors (Lipinski definition) is 3. The average Bonchev–Trinajstić information content (AvgIpc) is 2.41. The fourth-order valence-corrected chi connectivity index (χ4v) is 1.77. The summed E-state index contributed by atoms with van der Waals surface area (Å²) in [6.45, 7) is 1.79. The van der Waals surface area contributed by atoms with E-state index in [1.807, 2.05) is 0 Å². The number of anilines is 2. The first-order valence-corrected chi connectivity index (χ1v) is 5.98. The standard InChI is InChI=1S/C15H14N2O3/c1-9-2-7-13(12(8-9)15(19)20)17-14(18)10-3-5-11(16)6-4-10/h2-8H,16H2,1H3,(H,17,18)(H,19,20). The molecular weight excluding hydrogens is 256 g/mol. The highest BCUT2D eigenvalue weighted by atomic mass is 16.4. The molecule has 0 spiro atoms. The number of nitrogens with two attached hydrogens (primary N) is 1. The minimum atomic E-state index is -1.08. The van der Waals surface area contributed by atoms with Gasteiger partial charge in [-0.05, 0) is 43.3 Å². The Bertz CT molecular complexity index is 663. The van der Waals surface area contributed by atoms with Gasteiger partial charge in [0.25, 0.3) is 5.91 Å². The molecule has 0 aromatic heterocycles. The van der Waals surface area contributed by atoms with Crippen LogP contribution in [-0.2, 0) is 0 Å². The van der Waals surface area contributed by atoms with Crippen LogP contribution in [-0.4, -0.2) is 17.0 Å². The van der Waals surface area contributed by atoms with E-state index < -0.39 is 5.97 Å². The van der Waals surface area contributed by atoms with Gasteiger partial charge in [-0.1, -0.05) is 11.6 Å². The van der Waals surface area contributed by atoms with Gasteiger partial charge in [-0.25, -0.2) is 4.79 Å². The SMILES string of the molecule is Cc1ccc(NC(=O)c2ccc(N)cc2)c(C(=O)O)c1. The first-order valence-electron chi connectivity index (χ1n) is 5.98. The summed E-state index contributed by atoms with van der Waals surface area (Å²) >= 11 is 0. The Morgan fingerprint density at radius 3 is 2.35 bits per heavy atom. The quantitative estimate of drug-likeness (QED) is 0.747. The molecule has 5 heteroatoms. The number of benzene rings is 2. The molecule has 0 saturated carbocycles. The molecule has 0 aliphatic carbocycles. The molecular formula is C15H14N2O3. The third-order valence-corrected chi connectivity index (χ3v) is 2.83. The molecule has 0 heterocycles. The lowest BCUT2D eigenvalue weighted by Crippen LogP contribution is -2.15. The highest BCUT2D eigenvalue weighted by molar-refractivity contribution is 6.07. The van der Waals surface area contributed by atoms with E-state index >= 15 is 0 Å². The number of nitrogen functional groups attached to an aromatic ring is 1. The summed E-state index contributed by atoms with van der Waals surface area (Å²) in [5.74, 6) is -1.46. The number of hydrogen-bond donors (Lipinski definition) is 3. The maximum atomic E-state index is 12.0. The number of aromatic carboxylic acids is 1. The number of carboxylic acid groups (broad SMARTS) is 1. The van der Waals surface area contributed by atoms with Crippen LogP contribution in [0.1, 0.15) is 26.3 Å². The number of carbonyl (C=O) groups excluding carboxylic acids is 1. The molecule has 20 heavy (non-hydrogen) atoms. The second kappa shape index (κ2) is 5.44. The predicted octanol–water partition coefficient (Wildman–Crippen LogP) is 2.53.